The molecule has 0 saturated heterocycles. The molecule has 2 aromatic rings. The lowest BCUT2D eigenvalue weighted by Crippen LogP contribution is -2.32. The number of fused-ring (bicyclic) bond motifs is 1. The third-order valence-electron chi connectivity index (χ3n) is 4.10. The van der Waals surface area contributed by atoms with Gasteiger partial charge in [0, 0.05) is 12.2 Å². The Bertz CT molecular complexity index is 585. The second kappa shape index (κ2) is 4.51. The topological polar surface area (TPSA) is 42.2 Å². The van der Waals surface area contributed by atoms with Gasteiger partial charge in [0.15, 0.2) is 5.65 Å². The zero-order valence-corrected chi connectivity index (χ0v) is 12.0. The molecule has 1 aliphatic rings. The molecule has 1 atom stereocenters. The van der Waals surface area contributed by atoms with Crippen molar-refractivity contribution in [2.75, 3.05) is 5.32 Å². The highest BCUT2D eigenvalue weighted by molar-refractivity contribution is 5.50. The zero-order valence-electron chi connectivity index (χ0n) is 12.0. The number of aromatic nitrogens is 3. The van der Waals surface area contributed by atoms with Crippen LogP contribution in [0.1, 0.15) is 45.1 Å². The average Bonchev–Trinajstić information content (AvgIpc) is 2.71. The number of aryl methyl sites for hydroxylation is 1. The summed E-state index contributed by atoms with van der Waals surface area (Å²) in [5, 5.41) is 8.02. The molecule has 1 fully saturated rings. The number of hydrogen-bond donors (Lipinski definition) is 1. The van der Waals surface area contributed by atoms with Crippen LogP contribution in [0.15, 0.2) is 18.3 Å². The molecular weight excluding hydrogens is 236 g/mol. The Kier molecular flexibility index (Phi) is 2.96. The van der Waals surface area contributed by atoms with Crippen molar-refractivity contribution in [2.45, 2.75) is 52.5 Å². The van der Waals surface area contributed by atoms with Crippen LogP contribution < -0.4 is 5.32 Å². The van der Waals surface area contributed by atoms with E-state index in [-0.39, 0.29) is 0 Å². The van der Waals surface area contributed by atoms with Gasteiger partial charge in [-0.1, -0.05) is 26.3 Å². The highest BCUT2D eigenvalue weighted by Gasteiger charge is 2.28. The van der Waals surface area contributed by atoms with Gasteiger partial charge < -0.3 is 5.32 Å². The Labute approximate surface area is 114 Å². The fourth-order valence-corrected chi connectivity index (χ4v) is 3.10. The molecule has 0 amide bonds. The van der Waals surface area contributed by atoms with E-state index < -0.39 is 0 Å². The molecule has 0 radical (unpaired) electrons. The first-order valence-electron chi connectivity index (χ1n) is 7.12. The molecule has 4 nitrogen and oxygen atoms in total. The molecule has 19 heavy (non-hydrogen) atoms. The maximum atomic E-state index is 4.59. The molecule has 0 bridgehead atoms. The Morgan fingerprint density at radius 2 is 2.26 bits per heavy atom. The molecule has 3 rings (SSSR count). The van der Waals surface area contributed by atoms with Crippen molar-refractivity contribution in [1.82, 2.24) is 14.6 Å². The van der Waals surface area contributed by atoms with Crippen LogP contribution >= 0.6 is 0 Å². The third-order valence-corrected chi connectivity index (χ3v) is 4.10. The molecule has 1 aliphatic carbocycles. The third kappa shape index (κ3) is 2.57. The van der Waals surface area contributed by atoms with Crippen LogP contribution in [0.3, 0.4) is 0 Å². The zero-order chi connectivity index (χ0) is 13.5. The van der Waals surface area contributed by atoms with Gasteiger partial charge in [-0.05, 0) is 43.2 Å². The van der Waals surface area contributed by atoms with E-state index in [1.54, 1.807) is 0 Å². The van der Waals surface area contributed by atoms with Crippen molar-refractivity contribution in [3.63, 3.8) is 0 Å². The van der Waals surface area contributed by atoms with E-state index in [2.05, 4.69) is 42.2 Å². The predicted octanol–water partition coefficient (Wildman–Crippen LogP) is 3.42. The maximum Gasteiger partial charge on any atom is 0.243 e. The van der Waals surface area contributed by atoms with Gasteiger partial charge in [0.2, 0.25) is 5.95 Å². The molecule has 0 aromatic carbocycles. The summed E-state index contributed by atoms with van der Waals surface area (Å²) in [6.45, 7) is 6.77. The molecule has 1 unspecified atom stereocenters. The minimum absolute atomic E-state index is 0.436. The normalized spacial score (nSPS) is 22.6. The van der Waals surface area contributed by atoms with Crippen molar-refractivity contribution < 1.29 is 0 Å². The highest BCUT2D eigenvalue weighted by Crippen LogP contribution is 2.36. The average molecular weight is 258 g/mol. The van der Waals surface area contributed by atoms with Gasteiger partial charge in [0.25, 0.3) is 0 Å². The summed E-state index contributed by atoms with van der Waals surface area (Å²) in [6, 6.07) is 4.57. The summed E-state index contributed by atoms with van der Waals surface area (Å²) >= 11 is 0. The maximum absolute atomic E-state index is 4.59. The van der Waals surface area contributed by atoms with Crippen molar-refractivity contribution in [3.05, 3.63) is 23.9 Å². The molecule has 4 heteroatoms. The number of nitrogens with one attached hydrogen (secondary N) is 1. The molecule has 1 saturated carbocycles. The molecule has 102 valence electrons. The lowest BCUT2D eigenvalue weighted by molar-refractivity contribution is 0.229. The Hall–Kier alpha value is -1.58. The summed E-state index contributed by atoms with van der Waals surface area (Å²) in [4.78, 5) is 4.59. The minimum Gasteiger partial charge on any atom is -0.350 e. The van der Waals surface area contributed by atoms with Gasteiger partial charge in [-0.2, -0.15) is 4.98 Å². The minimum atomic E-state index is 0.436. The van der Waals surface area contributed by atoms with E-state index in [0.717, 1.165) is 17.2 Å². The number of anilines is 1. The lowest BCUT2D eigenvalue weighted by atomic mass is 9.75. The van der Waals surface area contributed by atoms with Crippen LogP contribution in [0.4, 0.5) is 5.95 Å². The second-order valence-electron chi connectivity index (χ2n) is 6.50. The van der Waals surface area contributed by atoms with E-state index in [9.17, 15) is 0 Å². The fourth-order valence-electron chi connectivity index (χ4n) is 3.10. The smallest absolute Gasteiger partial charge is 0.243 e. The number of pyridine rings is 1. The van der Waals surface area contributed by atoms with E-state index in [1.807, 2.05) is 16.8 Å². The van der Waals surface area contributed by atoms with Gasteiger partial charge >= 0.3 is 0 Å². The largest absolute Gasteiger partial charge is 0.350 e. The fraction of sp³-hybridized carbons (Fsp3) is 0.600. The predicted molar refractivity (Wildman–Crippen MR) is 77.4 cm³/mol. The van der Waals surface area contributed by atoms with Crippen LogP contribution in [0, 0.1) is 12.3 Å². The van der Waals surface area contributed by atoms with E-state index >= 15 is 0 Å². The summed E-state index contributed by atoms with van der Waals surface area (Å²) in [7, 11) is 0. The second-order valence-corrected chi connectivity index (χ2v) is 6.50. The van der Waals surface area contributed by atoms with Crippen molar-refractivity contribution in [2.24, 2.45) is 5.41 Å². The summed E-state index contributed by atoms with van der Waals surface area (Å²) in [5.41, 5.74) is 2.54. The SMILES string of the molecule is Cc1cccn2nc(NC3CCCC(C)(C)C3)nc12. The summed E-state index contributed by atoms with van der Waals surface area (Å²) < 4.78 is 1.85. The molecule has 2 heterocycles. The molecule has 1 N–H and O–H groups in total. The molecule has 2 aromatic heterocycles. The van der Waals surface area contributed by atoms with Crippen LogP contribution in [-0.4, -0.2) is 20.6 Å². The van der Waals surface area contributed by atoms with Crippen LogP contribution in [0.2, 0.25) is 0 Å². The van der Waals surface area contributed by atoms with Crippen molar-refractivity contribution in [3.8, 4) is 0 Å². The first-order valence-corrected chi connectivity index (χ1v) is 7.12. The van der Waals surface area contributed by atoms with Crippen LogP contribution in [0.5, 0.6) is 0 Å². The summed E-state index contributed by atoms with van der Waals surface area (Å²) in [6.07, 6.45) is 6.98. The lowest BCUT2D eigenvalue weighted by Gasteiger charge is -2.35. The Morgan fingerprint density at radius 3 is 3.00 bits per heavy atom. The standard InChI is InChI=1S/C15H22N4/c1-11-6-5-9-19-13(11)17-14(18-19)16-12-7-4-8-15(2,3)10-12/h5-6,9,12H,4,7-8,10H2,1-3H3,(H,16,18). The number of rotatable bonds is 2. The monoisotopic (exact) mass is 258 g/mol. The van der Waals surface area contributed by atoms with Gasteiger partial charge in [-0.25, -0.2) is 4.52 Å². The molecule has 0 aliphatic heterocycles. The Balaban J connectivity index is 1.80. The number of nitrogens with zero attached hydrogens (tertiary/aromatic N) is 3. The van der Waals surface area contributed by atoms with Gasteiger partial charge in [0.05, 0.1) is 0 Å². The first-order chi connectivity index (χ1) is 9.03. The summed E-state index contributed by atoms with van der Waals surface area (Å²) in [5.74, 6) is 0.761. The Morgan fingerprint density at radius 1 is 1.42 bits per heavy atom. The highest BCUT2D eigenvalue weighted by atomic mass is 15.3. The van der Waals surface area contributed by atoms with Crippen molar-refractivity contribution >= 4 is 11.6 Å². The molecule has 0 spiro atoms. The van der Waals surface area contributed by atoms with E-state index in [1.165, 1.54) is 25.7 Å². The van der Waals surface area contributed by atoms with Crippen LogP contribution in [-0.2, 0) is 0 Å². The van der Waals surface area contributed by atoms with Gasteiger partial charge in [-0.3, -0.25) is 0 Å². The van der Waals surface area contributed by atoms with Gasteiger partial charge in [0.1, 0.15) is 0 Å². The van der Waals surface area contributed by atoms with Gasteiger partial charge in [-0.15, -0.1) is 5.10 Å². The molecular formula is C15H22N4. The van der Waals surface area contributed by atoms with E-state index in [4.69, 9.17) is 0 Å². The van der Waals surface area contributed by atoms with Crippen molar-refractivity contribution in [1.29, 1.82) is 0 Å². The first kappa shape index (κ1) is 12.5. The number of hydrogen-bond acceptors (Lipinski definition) is 3. The quantitative estimate of drug-likeness (QED) is 0.897. The van der Waals surface area contributed by atoms with Crippen LogP contribution in [0.25, 0.3) is 5.65 Å². The van der Waals surface area contributed by atoms with E-state index in [0.29, 0.717) is 11.5 Å².